The molecule has 0 aliphatic carbocycles. The minimum absolute atomic E-state index is 0.347. The van der Waals surface area contributed by atoms with Crippen molar-refractivity contribution in [2.24, 2.45) is 11.8 Å². The van der Waals surface area contributed by atoms with Crippen LogP contribution in [0, 0.1) is 11.8 Å². The normalized spacial score (nSPS) is 35.4. The molecular weight excluding hydrogens is 236 g/mol. The number of carbonyl (C=O) groups is 2. The largest absolute Gasteiger partial charge is 0.497 e. The smallest absolute Gasteiger partial charge is 0.320 e. The Bertz CT molecular complexity index is 579. The molecule has 0 spiro atoms. The van der Waals surface area contributed by atoms with Crippen molar-refractivity contribution in [2.45, 2.75) is 12.2 Å². The Balaban J connectivity index is 1.86. The van der Waals surface area contributed by atoms with Gasteiger partial charge in [0, 0.05) is 0 Å². The summed E-state index contributed by atoms with van der Waals surface area (Å²) in [6, 6.07) is 5.59. The molecule has 5 nitrogen and oxygen atoms in total. The summed E-state index contributed by atoms with van der Waals surface area (Å²) < 4.78 is 15.6. The highest BCUT2D eigenvalue weighted by Crippen LogP contribution is 2.60. The average Bonchev–Trinajstić information content (AvgIpc) is 3.00. The van der Waals surface area contributed by atoms with E-state index in [0.717, 1.165) is 16.9 Å². The molecule has 1 aromatic carbocycles. The molecule has 4 atom stereocenters. The molecular formula is C13H10O5. The van der Waals surface area contributed by atoms with Gasteiger partial charge in [0.15, 0.2) is 0 Å². The van der Waals surface area contributed by atoms with Gasteiger partial charge < -0.3 is 14.2 Å². The fourth-order valence-corrected chi connectivity index (χ4v) is 3.20. The molecule has 2 bridgehead atoms. The molecule has 3 aliphatic heterocycles. The Morgan fingerprint density at radius 3 is 2.39 bits per heavy atom. The molecule has 0 saturated carbocycles. The number of cyclic esters (lactones) is 2. The summed E-state index contributed by atoms with van der Waals surface area (Å²) in [5.41, 5.74) is 1.90. The van der Waals surface area contributed by atoms with Crippen molar-refractivity contribution in [2.75, 3.05) is 7.11 Å². The van der Waals surface area contributed by atoms with Crippen LogP contribution in [0.5, 0.6) is 5.75 Å². The second kappa shape index (κ2) is 3.11. The van der Waals surface area contributed by atoms with Crippen LogP contribution in [-0.4, -0.2) is 19.0 Å². The maximum absolute atomic E-state index is 11.7. The predicted molar refractivity (Wildman–Crippen MR) is 57.6 cm³/mol. The molecule has 18 heavy (non-hydrogen) atoms. The number of carbonyl (C=O) groups excluding carboxylic acids is 2. The van der Waals surface area contributed by atoms with Gasteiger partial charge >= 0.3 is 11.9 Å². The first-order valence-corrected chi connectivity index (χ1v) is 5.79. The van der Waals surface area contributed by atoms with Crippen LogP contribution in [0.25, 0.3) is 0 Å². The number of benzene rings is 1. The lowest BCUT2D eigenvalue weighted by molar-refractivity contribution is -0.157. The summed E-state index contributed by atoms with van der Waals surface area (Å²) in [5, 5.41) is 0. The van der Waals surface area contributed by atoms with E-state index in [-0.39, 0.29) is 12.2 Å². The van der Waals surface area contributed by atoms with E-state index in [1.54, 1.807) is 7.11 Å². The fourth-order valence-electron chi connectivity index (χ4n) is 3.20. The van der Waals surface area contributed by atoms with Gasteiger partial charge in [0.05, 0.1) is 19.3 Å². The molecule has 2 saturated heterocycles. The Labute approximate surface area is 103 Å². The molecule has 3 aliphatic rings. The van der Waals surface area contributed by atoms with Crippen molar-refractivity contribution < 1.29 is 23.8 Å². The summed E-state index contributed by atoms with van der Waals surface area (Å²) in [4.78, 5) is 23.3. The molecule has 3 heterocycles. The number of ether oxygens (including phenoxy) is 3. The first-order chi connectivity index (χ1) is 8.70. The molecule has 0 N–H and O–H groups in total. The van der Waals surface area contributed by atoms with Gasteiger partial charge in [-0.05, 0) is 23.3 Å². The van der Waals surface area contributed by atoms with E-state index >= 15 is 0 Å². The molecule has 0 amide bonds. The van der Waals surface area contributed by atoms with Crippen LogP contribution in [-0.2, 0) is 19.1 Å². The summed E-state index contributed by atoms with van der Waals surface area (Å²) in [5.74, 6) is -1.16. The minimum atomic E-state index is -0.484. The van der Waals surface area contributed by atoms with E-state index in [1.807, 2.05) is 18.2 Å². The van der Waals surface area contributed by atoms with Crippen molar-refractivity contribution in [3.8, 4) is 5.75 Å². The highest BCUT2D eigenvalue weighted by molar-refractivity contribution is 5.98. The number of hydrogen-bond donors (Lipinski definition) is 0. The zero-order valence-corrected chi connectivity index (χ0v) is 9.58. The SMILES string of the molecule is COc1ccc2c(c1)[C@H]1O[C@H]2[C@@H]2C(=O)OC(=O)[C@@H]21. The third-order valence-electron chi connectivity index (χ3n) is 3.98. The zero-order valence-electron chi connectivity index (χ0n) is 9.58. The molecule has 1 aromatic rings. The van der Waals surface area contributed by atoms with Gasteiger partial charge in [-0.25, -0.2) is 0 Å². The lowest BCUT2D eigenvalue weighted by Crippen LogP contribution is -2.24. The van der Waals surface area contributed by atoms with E-state index in [2.05, 4.69) is 0 Å². The predicted octanol–water partition coefficient (Wildman–Crippen LogP) is 1.14. The van der Waals surface area contributed by atoms with Gasteiger partial charge in [-0.15, -0.1) is 0 Å². The third-order valence-corrected chi connectivity index (χ3v) is 3.98. The average molecular weight is 246 g/mol. The van der Waals surface area contributed by atoms with Gasteiger partial charge in [-0.2, -0.15) is 0 Å². The quantitative estimate of drug-likeness (QED) is 0.549. The summed E-state index contributed by atoms with van der Waals surface area (Å²) >= 11 is 0. The minimum Gasteiger partial charge on any atom is -0.497 e. The molecule has 5 heteroatoms. The lowest BCUT2D eigenvalue weighted by Gasteiger charge is -2.19. The van der Waals surface area contributed by atoms with E-state index in [0.29, 0.717) is 0 Å². The Morgan fingerprint density at radius 2 is 1.72 bits per heavy atom. The Morgan fingerprint density at radius 1 is 1.06 bits per heavy atom. The van der Waals surface area contributed by atoms with Crippen LogP contribution in [0.3, 0.4) is 0 Å². The van der Waals surface area contributed by atoms with Gasteiger partial charge in [-0.1, -0.05) is 6.07 Å². The van der Waals surface area contributed by atoms with Crippen LogP contribution >= 0.6 is 0 Å². The molecule has 2 fully saturated rings. The summed E-state index contributed by atoms with van der Waals surface area (Å²) in [7, 11) is 1.59. The molecule has 92 valence electrons. The molecule has 0 unspecified atom stereocenters. The van der Waals surface area contributed by atoms with Crippen molar-refractivity contribution in [1.82, 2.24) is 0 Å². The third kappa shape index (κ3) is 1.01. The van der Waals surface area contributed by atoms with Crippen LogP contribution in [0.1, 0.15) is 23.3 Å². The van der Waals surface area contributed by atoms with E-state index < -0.39 is 23.8 Å². The summed E-state index contributed by atoms with van der Waals surface area (Å²) in [6.07, 6.45) is -0.719. The van der Waals surface area contributed by atoms with Crippen LogP contribution < -0.4 is 4.74 Å². The van der Waals surface area contributed by atoms with Gasteiger partial charge in [0.1, 0.15) is 17.6 Å². The van der Waals surface area contributed by atoms with Gasteiger partial charge in [-0.3, -0.25) is 9.59 Å². The van der Waals surface area contributed by atoms with E-state index in [9.17, 15) is 9.59 Å². The van der Waals surface area contributed by atoms with Crippen LogP contribution in [0.15, 0.2) is 18.2 Å². The fraction of sp³-hybridized carbons (Fsp3) is 0.385. The second-order valence-electron chi connectivity index (χ2n) is 4.76. The van der Waals surface area contributed by atoms with Crippen molar-refractivity contribution in [3.05, 3.63) is 29.3 Å². The van der Waals surface area contributed by atoms with Crippen LogP contribution in [0.4, 0.5) is 0 Å². The first kappa shape index (κ1) is 10.1. The molecule has 4 rings (SSSR count). The van der Waals surface area contributed by atoms with Crippen molar-refractivity contribution in [1.29, 1.82) is 0 Å². The highest BCUT2D eigenvalue weighted by Gasteiger charge is 2.63. The van der Waals surface area contributed by atoms with Crippen molar-refractivity contribution >= 4 is 11.9 Å². The van der Waals surface area contributed by atoms with Gasteiger partial charge in [0.2, 0.25) is 0 Å². The lowest BCUT2D eigenvalue weighted by atomic mass is 9.77. The first-order valence-electron chi connectivity index (χ1n) is 5.79. The molecule has 0 aromatic heterocycles. The summed E-state index contributed by atoms with van der Waals surface area (Å²) in [6.45, 7) is 0. The van der Waals surface area contributed by atoms with Crippen molar-refractivity contribution in [3.63, 3.8) is 0 Å². The van der Waals surface area contributed by atoms with Gasteiger partial charge in [0.25, 0.3) is 0 Å². The molecule has 0 radical (unpaired) electrons. The number of esters is 2. The maximum atomic E-state index is 11.7. The number of hydrogen-bond acceptors (Lipinski definition) is 5. The number of rotatable bonds is 1. The van der Waals surface area contributed by atoms with E-state index in [4.69, 9.17) is 14.2 Å². The standard InChI is InChI=1S/C13H10O5/c1-16-5-2-3-6-7(4-5)11-9-8(10(6)17-11)12(14)18-13(9)15/h2-4,8-11H,1H3/t8-,9+,10-,11-/m1/s1. The number of fused-ring (bicyclic) bond motifs is 8. The Kier molecular flexibility index (Phi) is 1.74. The van der Waals surface area contributed by atoms with E-state index in [1.165, 1.54) is 0 Å². The topological polar surface area (TPSA) is 61.8 Å². The second-order valence-corrected chi connectivity index (χ2v) is 4.76. The Hall–Kier alpha value is -1.88. The monoisotopic (exact) mass is 246 g/mol. The highest BCUT2D eigenvalue weighted by atomic mass is 16.6. The number of methoxy groups -OCH3 is 1. The maximum Gasteiger partial charge on any atom is 0.320 e. The zero-order chi connectivity index (χ0) is 12.4. The van der Waals surface area contributed by atoms with Crippen LogP contribution in [0.2, 0.25) is 0 Å².